The molecule has 0 radical (unpaired) electrons. The predicted octanol–water partition coefficient (Wildman–Crippen LogP) is 1.97. The molecule has 0 aromatic heterocycles. The molecule has 0 saturated carbocycles. The van der Waals surface area contributed by atoms with E-state index >= 15 is 0 Å². The van der Waals surface area contributed by atoms with Crippen LogP contribution in [0.5, 0.6) is 0 Å². The van der Waals surface area contributed by atoms with Crippen molar-refractivity contribution in [2.24, 2.45) is 5.92 Å². The summed E-state index contributed by atoms with van der Waals surface area (Å²) in [4.78, 5) is 5.48. The van der Waals surface area contributed by atoms with Crippen LogP contribution in [-0.4, -0.2) is 61.8 Å². The first-order chi connectivity index (χ1) is 8.92. The summed E-state index contributed by atoms with van der Waals surface area (Å²) in [5, 5.41) is 0. The molecule has 0 aliphatic carbocycles. The lowest BCUT2D eigenvalue weighted by atomic mass is 10.0. The van der Waals surface area contributed by atoms with Gasteiger partial charge in [-0.05, 0) is 64.2 Å². The van der Waals surface area contributed by atoms with Gasteiger partial charge in [0.25, 0.3) is 0 Å². The van der Waals surface area contributed by atoms with Crippen molar-refractivity contribution in [1.82, 2.24) is 9.80 Å². The normalized spacial score (nSPS) is 35.3. The Kier molecular flexibility index (Phi) is 4.55. The molecule has 3 heterocycles. The molecule has 0 amide bonds. The van der Waals surface area contributed by atoms with E-state index in [1.54, 1.807) is 0 Å². The van der Waals surface area contributed by atoms with Gasteiger partial charge in [-0.3, -0.25) is 4.90 Å². The zero-order chi connectivity index (χ0) is 12.2. The highest BCUT2D eigenvalue weighted by molar-refractivity contribution is 4.83. The van der Waals surface area contributed by atoms with Crippen LogP contribution >= 0.6 is 0 Å². The molecule has 3 aliphatic heterocycles. The van der Waals surface area contributed by atoms with Gasteiger partial charge in [0, 0.05) is 25.8 Å². The molecule has 3 rings (SSSR count). The van der Waals surface area contributed by atoms with Crippen LogP contribution < -0.4 is 0 Å². The minimum Gasteiger partial charge on any atom is -0.381 e. The van der Waals surface area contributed by atoms with Crippen LogP contribution in [0.4, 0.5) is 0 Å². The minimum absolute atomic E-state index is 0.843. The Labute approximate surface area is 111 Å². The van der Waals surface area contributed by atoms with E-state index in [0.717, 1.165) is 25.2 Å². The van der Waals surface area contributed by atoms with E-state index < -0.39 is 0 Å². The summed E-state index contributed by atoms with van der Waals surface area (Å²) >= 11 is 0. The van der Waals surface area contributed by atoms with Gasteiger partial charge in [-0.2, -0.15) is 0 Å². The Morgan fingerprint density at radius 1 is 1.00 bits per heavy atom. The molecule has 3 saturated heterocycles. The summed E-state index contributed by atoms with van der Waals surface area (Å²) in [5.74, 6) is 0.843. The second-order valence-corrected chi connectivity index (χ2v) is 6.36. The van der Waals surface area contributed by atoms with Gasteiger partial charge in [0.1, 0.15) is 0 Å². The van der Waals surface area contributed by atoms with Crippen molar-refractivity contribution in [3.8, 4) is 0 Å². The molecule has 0 aromatic carbocycles. The summed E-state index contributed by atoms with van der Waals surface area (Å²) in [7, 11) is 0. The van der Waals surface area contributed by atoms with Crippen molar-refractivity contribution in [3.05, 3.63) is 0 Å². The van der Waals surface area contributed by atoms with Crippen molar-refractivity contribution in [2.75, 3.05) is 45.9 Å². The lowest BCUT2D eigenvalue weighted by Gasteiger charge is -2.35. The molecule has 3 aliphatic rings. The maximum absolute atomic E-state index is 5.48. The molecular formula is C15H28N2O. The number of hydrogen-bond donors (Lipinski definition) is 0. The molecule has 2 atom stereocenters. The second-order valence-electron chi connectivity index (χ2n) is 6.36. The van der Waals surface area contributed by atoms with Gasteiger partial charge < -0.3 is 9.64 Å². The Balaban J connectivity index is 1.46. The summed E-state index contributed by atoms with van der Waals surface area (Å²) in [6.07, 6.45) is 8.33. The molecule has 3 fully saturated rings. The van der Waals surface area contributed by atoms with E-state index in [9.17, 15) is 0 Å². The molecule has 0 N–H and O–H groups in total. The molecular weight excluding hydrogens is 224 g/mol. The SMILES string of the molecule is C1CCN2CCCN(CCC3CCOC3)CC2C1. The fourth-order valence-corrected chi connectivity index (χ4v) is 3.83. The number of hydrogen-bond acceptors (Lipinski definition) is 3. The second kappa shape index (κ2) is 6.36. The first-order valence-corrected chi connectivity index (χ1v) is 7.96. The fourth-order valence-electron chi connectivity index (χ4n) is 3.83. The van der Waals surface area contributed by atoms with Crippen LogP contribution in [0.3, 0.4) is 0 Å². The van der Waals surface area contributed by atoms with E-state index in [4.69, 9.17) is 4.74 Å². The van der Waals surface area contributed by atoms with Gasteiger partial charge in [0.2, 0.25) is 0 Å². The van der Waals surface area contributed by atoms with Crippen molar-refractivity contribution < 1.29 is 4.74 Å². The molecule has 2 unspecified atom stereocenters. The zero-order valence-electron chi connectivity index (χ0n) is 11.6. The summed E-state index contributed by atoms with van der Waals surface area (Å²) < 4.78 is 5.48. The van der Waals surface area contributed by atoms with E-state index in [-0.39, 0.29) is 0 Å². The molecule has 0 bridgehead atoms. The summed E-state index contributed by atoms with van der Waals surface area (Å²) in [6.45, 7) is 8.67. The highest BCUT2D eigenvalue weighted by Gasteiger charge is 2.27. The largest absolute Gasteiger partial charge is 0.381 e. The summed E-state index contributed by atoms with van der Waals surface area (Å²) in [6, 6.07) is 0.862. The van der Waals surface area contributed by atoms with E-state index in [0.29, 0.717) is 0 Å². The van der Waals surface area contributed by atoms with Crippen molar-refractivity contribution in [3.63, 3.8) is 0 Å². The van der Waals surface area contributed by atoms with Crippen molar-refractivity contribution >= 4 is 0 Å². The number of fused-ring (bicyclic) bond motifs is 1. The molecule has 3 nitrogen and oxygen atoms in total. The smallest absolute Gasteiger partial charge is 0.0495 e. The number of rotatable bonds is 3. The standard InChI is InChI=1S/C15H28N2O/c1-2-8-17-9-3-7-16(12-15(17)4-1)10-5-14-6-11-18-13-14/h14-15H,1-13H2. The lowest BCUT2D eigenvalue weighted by Crippen LogP contribution is -2.44. The van der Waals surface area contributed by atoms with Crippen LogP contribution in [0.1, 0.15) is 38.5 Å². The molecule has 0 aromatic rings. The number of piperidine rings is 1. The highest BCUT2D eigenvalue weighted by atomic mass is 16.5. The average Bonchev–Trinajstić information content (AvgIpc) is 2.82. The third-order valence-electron chi connectivity index (χ3n) is 5.02. The van der Waals surface area contributed by atoms with Gasteiger partial charge in [-0.25, -0.2) is 0 Å². The predicted molar refractivity (Wildman–Crippen MR) is 73.8 cm³/mol. The zero-order valence-corrected chi connectivity index (χ0v) is 11.6. The monoisotopic (exact) mass is 252 g/mol. The van der Waals surface area contributed by atoms with Crippen LogP contribution in [0.2, 0.25) is 0 Å². The Morgan fingerprint density at radius 3 is 2.83 bits per heavy atom. The third-order valence-corrected chi connectivity index (χ3v) is 5.02. The lowest BCUT2D eigenvalue weighted by molar-refractivity contribution is 0.133. The third kappa shape index (κ3) is 3.25. The number of nitrogens with zero attached hydrogens (tertiary/aromatic N) is 2. The molecule has 3 heteroatoms. The summed E-state index contributed by atoms with van der Waals surface area (Å²) in [5.41, 5.74) is 0. The minimum atomic E-state index is 0.843. The van der Waals surface area contributed by atoms with Crippen LogP contribution in [-0.2, 0) is 4.74 Å². The van der Waals surface area contributed by atoms with Crippen LogP contribution in [0, 0.1) is 5.92 Å². The van der Waals surface area contributed by atoms with E-state index in [1.807, 2.05) is 0 Å². The quantitative estimate of drug-likeness (QED) is 0.764. The topological polar surface area (TPSA) is 15.7 Å². The Morgan fingerprint density at radius 2 is 1.94 bits per heavy atom. The van der Waals surface area contributed by atoms with Crippen molar-refractivity contribution in [2.45, 2.75) is 44.6 Å². The first kappa shape index (κ1) is 12.9. The molecule has 18 heavy (non-hydrogen) atoms. The van der Waals surface area contributed by atoms with Gasteiger partial charge in [-0.15, -0.1) is 0 Å². The van der Waals surface area contributed by atoms with Crippen molar-refractivity contribution in [1.29, 1.82) is 0 Å². The number of ether oxygens (including phenoxy) is 1. The Bertz CT molecular complexity index is 253. The fraction of sp³-hybridized carbons (Fsp3) is 1.00. The van der Waals surface area contributed by atoms with Gasteiger partial charge in [0.15, 0.2) is 0 Å². The first-order valence-electron chi connectivity index (χ1n) is 7.96. The van der Waals surface area contributed by atoms with Crippen LogP contribution in [0.15, 0.2) is 0 Å². The van der Waals surface area contributed by atoms with Crippen LogP contribution in [0.25, 0.3) is 0 Å². The Hall–Kier alpha value is -0.120. The molecule has 104 valence electrons. The van der Waals surface area contributed by atoms with E-state index in [1.165, 1.54) is 71.2 Å². The molecule has 0 spiro atoms. The highest BCUT2D eigenvalue weighted by Crippen LogP contribution is 2.22. The average molecular weight is 252 g/mol. The van der Waals surface area contributed by atoms with Gasteiger partial charge in [-0.1, -0.05) is 6.42 Å². The van der Waals surface area contributed by atoms with Gasteiger partial charge >= 0.3 is 0 Å². The maximum atomic E-state index is 5.48. The maximum Gasteiger partial charge on any atom is 0.0495 e. The van der Waals surface area contributed by atoms with E-state index in [2.05, 4.69) is 9.80 Å². The van der Waals surface area contributed by atoms with Gasteiger partial charge in [0.05, 0.1) is 0 Å².